The number of carbonyl (C=O) groups excluding carboxylic acids is 1. The molecule has 0 atom stereocenters. The summed E-state index contributed by atoms with van der Waals surface area (Å²) in [5, 5.41) is 0.443. The highest BCUT2D eigenvalue weighted by molar-refractivity contribution is 7.92. The molecule has 0 aliphatic carbocycles. The highest BCUT2D eigenvalue weighted by atomic mass is 32.2. The van der Waals surface area contributed by atoms with Gasteiger partial charge in [-0.05, 0) is 60.5 Å². The van der Waals surface area contributed by atoms with Crippen LogP contribution in [0, 0.1) is 0 Å². The molecule has 0 aliphatic heterocycles. The van der Waals surface area contributed by atoms with Gasteiger partial charge in [-0.1, -0.05) is 30.4 Å². The van der Waals surface area contributed by atoms with Gasteiger partial charge < -0.3 is 4.74 Å². The number of methoxy groups -OCH3 is 1. The van der Waals surface area contributed by atoms with E-state index in [0.717, 1.165) is 16.6 Å². The van der Waals surface area contributed by atoms with E-state index in [0.29, 0.717) is 16.6 Å². The predicted octanol–water partition coefficient (Wildman–Crippen LogP) is 4.27. The maximum Gasteiger partial charge on any atom is 0.244 e. The Balaban J connectivity index is 1.67. The third-order valence-corrected chi connectivity index (χ3v) is 7.82. The van der Waals surface area contributed by atoms with Crippen molar-refractivity contribution in [3.8, 4) is 5.75 Å². The molecule has 0 spiro atoms. The molecule has 0 saturated heterocycles. The molecule has 2 heterocycles. The van der Waals surface area contributed by atoms with E-state index in [-0.39, 0.29) is 11.4 Å². The number of ether oxygens (including phenoxy) is 1. The minimum atomic E-state index is -3.86. The fourth-order valence-electron chi connectivity index (χ4n) is 3.32. The normalized spacial score (nSPS) is 11.5. The molecular formula is C24H23N3O4S2. The van der Waals surface area contributed by atoms with Crippen molar-refractivity contribution in [1.29, 1.82) is 0 Å². The summed E-state index contributed by atoms with van der Waals surface area (Å²) < 4.78 is 32.0. The molecule has 4 rings (SSSR count). The summed E-state index contributed by atoms with van der Waals surface area (Å²) in [7, 11) is -2.36. The van der Waals surface area contributed by atoms with Gasteiger partial charge in [-0.25, -0.2) is 13.4 Å². The average molecular weight is 482 g/mol. The molecule has 2 aromatic heterocycles. The second-order valence-corrected chi connectivity index (χ2v) is 10.4. The number of pyridine rings is 1. The summed E-state index contributed by atoms with van der Waals surface area (Å²) in [6.45, 7) is 2.20. The summed E-state index contributed by atoms with van der Waals surface area (Å²) in [6, 6.07) is 17.4. The number of aromatic nitrogens is 2. The quantitative estimate of drug-likeness (QED) is 0.373. The van der Waals surface area contributed by atoms with Crippen molar-refractivity contribution in [2.75, 3.05) is 17.8 Å². The first kappa shape index (κ1) is 22.9. The molecule has 0 N–H and O–H groups in total. The number of rotatable bonds is 8. The summed E-state index contributed by atoms with van der Waals surface area (Å²) in [5.41, 5.74) is 2.58. The SMILES string of the molecule is CCc1ccc2nc(N(Cc3ccccn3)C(=O)CS(=O)(=O)c3ccc(OC)cc3)sc2c1. The minimum absolute atomic E-state index is 0.0614. The van der Waals surface area contributed by atoms with Crippen molar-refractivity contribution in [3.05, 3.63) is 78.1 Å². The molecule has 0 aliphatic rings. The molecule has 33 heavy (non-hydrogen) atoms. The van der Waals surface area contributed by atoms with Gasteiger partial charge >= 0.3 is 0 Å². The van der Waals surface area contributed by atoms with E-state index < -0.39 is 21.5 Å². The number of hydrogen-bond acceptors (Lipinski definition) is 7. The van der Waals surface area contributed by atoms with E-state index >= 15 is 0 Å². The van der Waals surface area contributed by atoms with Crippen LogP contribution in [0.2, 0.25) is 0 Å². The Morgan fingerprint density at radius 3 is 2.55 bits per heavy atom. The zero-order chi connectivity index (χ0) is 23.4. The molecule has 0 radical (unpaired) electrons. The summed E-state index contributed by atoms with van der Waals surface area (Å²) in [6.07, 6.45) is 2.53. The second kappa shape index (κ2) is 9.68. The van der Waals surface area contributed by atoms with Crippen LogP contribution in [-0.2, 0) is 27.6 Å². The Morgan fingerprint density at radius 1 is 1.09 bits per heavy atom. The highest BCUT2D eigenvalue weighted by Crippen LogP contribution is 2.31. The largest absolute Gasteiger partial charge is 0.497 e. The molecular weight excluding hydrogens is 458 g/mol. The van der Waals surface area contributed by atoms with Gasteiger partial charge in [0.1, 0.15) is 11.5 Å². The third kappa shape index (κ3) is 5.20. The fraction of sp³-hybridized carbons (Fsp3) is 0.208. The smallest absolute Gasteiger partial charge is 0.244 e. The minimum Gasteiger partial charge on any atom is -0.497 e. The van der Waals surface area contributed by atoms with Crippen LogP contribution < -0.4 is 9.64 Å². The lowest BCUT2D eigenvalue weighted by molar-refractivity contribution is -0.116. The number of fused-ring (bicyclic) bond motifs is 1. The molecule has 9 heteroatoms. The molecule has 0 fully saturated rings. The van der Waals surface area contributed by atoms with E-state index in [1.54, 1.807) is 30.5 Å². The predicted molar refractivity (Wildman–Crippen MR) is 129 cm³/mol. The first-order valence-corrected chi connectivity index (χ1v) is 12.8. The van der Waals surface area contributed by atoms with Gasteiger partial charge in [-0.15, -0.1) is 0 Å². The molecule has 2 aromatic carbocycles. The van der Waals surface area contributed by atoms with Gasteiger partial charge in [0.15, 0.2) is 15.0 Å². The lowest BCUT2D eigenvalue weighted by atomic mass is 10.2. The molecule has 170 valence electrons. The number of thiazole rings is 1. The molecule has 0 unspecified atom stereocenters. The first-order chi connectivity index (χ1) is 15.9. The first-order valence-electron chi connectivity index (χ1n) is 10.4. The zero-order valence-corrected chi connectivity index (χ0v) is 19.9. The summed E-state index contributed by atoms with van der Waals surface area (Å²) in [5.74, 6) is -0.702. The van der Waals surface area contributed by atoms with Crippen molar-refractivity contribution in [1.82, 2.24) is 9.97 Å². The number of anilines is 1. The van der Waals surface area contributed by atoms with Crippen molar-refractivity contribution >= 4 is 42.4 Å². The van der Waals surface area contributed by atoms with Crippen LogP contribution >= 0.6 is 11.3 Å². The van der Waals surface area contributed by atoms with E-state index in [2.05, 4.69) is 16.9 Å². The number of aryl methyl sites for hydroxylation is 1. The number of benzene rings is 2. The Hall–Kier alpha value is -3.30. The average Bonchev–Trinajstić information content (AvgIpc) is 3.25. The van der Waals surface area contributed by atoms with Crippen LogP contribution in [0.1, 0.15) is 18.2 Å². The molecule has 7 nitrogen and oxygen atoms in total. The van der Waals surface area contributed by atoms with Gasteiger partial charge in [-0.2, -0.15) is 0 Å². The number of hydrogen-bond donors (Lipinski definition) is 0. The maximum absolute atomic E-state index is 13.3. The van der Waals surface area contributed by atoms with Gasteiger partial charge in [0.05, 0.1) is 34.5 Å². The number of amides is 1. The van der Waals surface area contributed by atoms with Crippen molar-refractivity contribution in [3.63, 3.8) is 0 Å². The maximum atomic E-state index is 13.3. The van der Waals surface area contributed by atoms with Crippen LogP contribution in [-0.4, -0.2) is 37.2 Å². The number of nitrogens with zero attached hydrogens (tertiary/aromatic N) is 3. The van der Waals surface area contributed by atoms with Crippen LogP contribution in [0.15, 0.2) is 71.8 Å². The Kier molecular flexibility index (Phi) is 6.71. The summed E-state index contributed by atoms with van der Waals surface area (Å²) >= 11 is 1.36. The van der Waals surface area contributed by atoms with Gasteiger partial charge in [0, 0.05) is 6.20 Å². The Bertz CT molecular complexity index is 1370. The van der Waals surface area contributed by atoms with Crippen LogP contribution in [0.5, 0.6) is 5.75 Å². The molecule has 0 bridgehead atoms. The second-order valence-electron chi connectivity index (χ2n) is 7.39. The van der Waals surface area contributed by atoms with E-state index in [1.807, 2.05) is 24.3 Å². The Morgan fingerprint density at radius 2 is 1.88 bits per heavy atom. The molecule has 1 amide bonds. The van der Waals surface area contributed by atoms with E-state index in [9.17, 15) is 13.2 Å². The van der Waals surface area contributed by atoms with Gasteiger partial charge in [-0.3, -0.25) is 14.7 Å². The van der Waals surface area contributed by atoms with Crippen LogP contribution in [0.25, 0.3) is 10.2 Å². The summed E-state index contributed by atoms with van der Waals surface area (Å²) in [4.78, 5) is 23.7. The lowest BCUT2D eigenvalue weighted by Crippen LogP contribution is -2.35. The molecule has 4 aromatic rings. The van der Waals surface area contributed by atoms with Crippen molar-refractivity contribution in [2.24, 2.45) is 0 Å². The van der Waals surface area contributed by atoms with E-state index in [1.165, 1.54) is 41.0 Å². The van der Waals surface area contributed by atoms with Crippen molar-refractivity contribution < 1.29 is 17.9 Å². The van der Waals surface area contributed by atoms with E-state index in [4.69, 9.17) is 4.74 Å². The van der Waals surface area contributed by atoms with Gasteiger partial charge in [0.25, 0.3) is 0 Å². The van der Waals surface area contributed by atoms with Crippen LogP contribution in [0.3, 0.4) is 0 Å². The third-order valence-electron chi connectivity index (χ3n) is 5.16. The fourth-order valence-corrected chi connectivity index (χ4v) is 5.56. The lowest BCUT2D eigenvalue weighted by Gasteiger charge is -2.19. The van der Waals surface area contributed by atoms with Crippen LogP contribution in [0.4, 0.5) is 5.13 Å². The monoisotopic (exact) mass is 481 g/mol. The topological polar surface area (TPSA) is 89.5 Å². The molecule has 0 saturated carbocycles. The highest BCUT2D eigenvalue weighted by Gasteiger charge is 2.27. The van der Waals surface area contributed by atoms with Gasteiger partial charge in [0.2, 0.25) is 5.91 Å². The zero-order valence-electron chi connectivity index (χ0n) is 18.3. The Labute approximate surface area is 196 Å². The standard InChI is InChI=1S/C24H23N3O4S2/c1-3-17-7-12-21-22(14-17)32-24(26-21)27(15-18-6-4-5-13-25-18)23(28)16-33(29,30)20-10-8-19(31-2)9-11-20/h4-14H,3,15-16H2,1-2H3. The number of sulfone groups is 1. The number of carbonyl (C=O) groups is 1. The van der Waals surface area contributed by atoms with Crippen molar-refractivity contribution in [2.45, 2.75) is 24.8 Å².